The molecule has 1 fully saturated rings. The second kappa shape index (κ2) is 11.2. The summed E-state index contributed by atoms with van der Waals surface area (Å²) in [5, 5.41) is 9.73. The van der Waals surface area contributed by atoms with Crippen LogP contribution in [0, 0.1) is 0 Å². The van der Waals surface area contributed by atoms with Gasteiger partial charge >= 0.3 is 0 Å². The first kappa shape index (κ1) is 22.5. The molecule has 1 saturated heterocycles. The summed E-state index contributed by atoms with van der Waals surface area (Å²) in [7, 11) is 1.71. The summed E-state index contributed by atoms with van der Waals surface area (Å²) >= 11 is 0. The van der Waals surface area contributed by atoms with Crippen molar-refractivity contribution >= 4 is 17.6 Å². The number of carbonyl (C=O) groups excluding carboxylic acids is 1. The number of methoxy groups -OCH3 is 1. The van der Waals surface area contributed by atoms with Crippen LogP contribution in [0.1, 0.15) is 36.2 Å². The van der Waals surface area contributed by atoms with Crippen LogP contribution >= 0.6 is 0 Å². The number of hydrogen-bond donors (Lipinski definition) is 3. The van der Waals surface area contributed by atoms with Crippen LogP contribution in [0.5, 0.6) is 5.75 Å². The molecule has 1 amide bonds. The van der Waals surface area contributed by atoms with E-state index in [1.165, 1.54) is 0 Å². The molecule has 1 atom stereocenters. The van der Waals surface area contributed by atoms with Crippen molar-refractivity contribution in [3.63, 3.8) is 0 Å². The van der Waals surface area contributed by atoms with Crippen LogP contribution < -0.4 is 25.6 Å². The van der Waals surface area contributed by atoms with E-state index in [1.54, 1.807) is 7.11 Å². The van der Waals surface area contributed by atoms with Gasteiger partial charge in [-0.3, -0.25) is 4.79 Å². The maximum absolute atomic E-state index is 12.1. The van der Waals surface area contributed by atoms with Crippen molar-refractivity contribution in [2.45, 2.75) is 32.9 Å². The zero-order valence-corrected chi connectivity index (χ0v) is 18.6. The van der Waals surface area contributed by atoms with E-state index in [9.17, 15) is 4.79 Å². The molecule has 1 aliphatic rings. The Bertz CT molecular complexity index is 899. The van der Waals surface area contributed by atoms with E-state index in [4.69, 9.17) is 9.73 Å². The Labute approximate surface area is 184 Å². The Morgan fingerprint density at radius 3 is 2.71 bits per heavy atom. The molecular weight excluding hydrogens is 390 g/mol. The molecule has 1 aliphatic heterocycles. The van der Waals surface area contributed by atoms with Crippen molar-refractivity contribution in [1.29, 1.82) is 0 Å². The minimum absolute atomic E-state index is 0.0549. The van der Waals surface area contributed by atoms with Gasteiger partial charge in [-0.25, -0.2) is 4.99 Å². The number of rotatable bonds is 8. The summed E-state index contributed by atoms with van der Waals surface area (Å²) < 4.78 is 5.52. The molecule has 0 saturated carbocycles. The predicted molar refractivity (Wildman–Crippen MR) is 126 cm³/mol. The SMILES string of the molecule is CCNC(=O)c1cccc(CN=C(NCC)NC2CCN(c3ccccc3OC)C2)c1. The molecule has 3 rings (SSSR count). The van der Waals surface area contributed by atoms with E-state index < -0.39 is 0 Å². The summed E-state index contributed by atoms with van der Waals surface area (Å²) in [5.74, 6) is 1.63. The lowest BCUT2D eigenvalue weighted by atomic mass is 10.1. The number of nitrogens with one attached hydrogen (secondary N) is 3. The fraction of sp³-hybridized carbons (Fsp3) is 0.417. The Hall–Kier alpha value is -3.22. The Morgan fingerprint density at radius 1 is 1.13 bits per heavy atom. The third-order valence-electron chi connectivity index (χ3n) is 5.25. The highest BCUT2D eigenvalue weighted by molar-refractivity contribution is 5.94. The lowest BCUT2D eigenvalue weighted by Crippen LogP contribution is -2.44. The summed E-state index contributed by atoms with van der Waals surface area (Å²) in [5.41, 5.74) is 2.79. The minimum Gasteiger partial charge on any atom is -0.495 e. The molecule has 31 heavy (non-hydrogen) atoms. The number of guanidine groups is 1. The quantitative estimate of drug-likeness (QED) is 0.450. The maximum atomic E-state index is 12.1. The van der Waals surface area contributed by atoms with Crippen molar-refractivity contribution < 1.29 is 9.53 Å². The molecule has 7 heteroatoms. The van der Waals surface area contributed by atoms with E-state index in [1.807, 2.05) is 49.4 Å². The Balaban J connectivity index is 1.63. The highest BCUT2D eigenvalue weighted by Gasteiger charge is 2.25. The zero-order chi connectivity index (χ0) is 22.1. The largest absolute Gasteiger partial charge is 0.495 e. The molecule has 1 unspecified atom stereocenters. The topological polar surface area (TPSA) is 78.0 Å². The van der Waals surface area contributed by atoms with Gasteiger partial charge in [-0.05, 0) is 50.1 Å². The average molecular weight is 424 g/mol. The van der Waals surface area contributed by atoms with Crippen LogP contribution in [-0.4, -0.2) is 51.2 Å². The maximum Gasteiger partial charge on any atom is 0.251 e. The van der Waals surface area contributed by atoms with E-state index >= 15 is 0 Å². The number of aliphatic imine (C=N–C) groups is 1. The van der Waals surface area contributed by atoms with Crippen molar-refractivity contribution in [1.82, 2.24) is 16.0 Å². The normalized spacial score (nSPS) is 16.2. The van der Waals surface area contributed by atoms with Crippen LogP contribution in [0.4, 0.5) is 5.69 Å². The number of amides is 1. The van der Waals surface area contributed by atoms with Crippen LogP contribution in [-0.2, 0) is 6.54 Å². The van der Waals surface area contributed by atoms with Gasteiger partial charge in [0.25, 0.3) is 5.91 Å². The van der Waals surface area contributed by atoms with E-state index in [0.717, 1.165) is 49.0 Å². The van der Waals surface area contributed by atoms with Gasteiger partial charge in [-0.2, -0.15) is 0 Å². The van der Waals surface area contributed by atoms with E-state index in [2.05, 4.69) is 33.8 Å². The second-order valence-corrected chi connectivity index (χ2v) is 7.50. The first-order chi connectivity index (χ1) is 15.1. The lowest BCUT2D eigenvalue weighted by Gasteiger charge is -2.22. The monoisotopic (exact) mass is 423 g/mol. The molecule has 1 heterocycles. The standard InChI is InChI=1S/C24H33N5O2/c1-4-25-23(30)19-10-8-9-18(15-19)16-27-24(26-5-2)28-20-13-14-29(17-20)21-11-6-7-12-22(21)31-3/h6-12,15,20H,4-5,13-14,16-17H2,1-3H3,(H,25,30)(H2,26,27,28). The van der Waals surface area contributed by atoms with Gasteiger partial charge in [-0.15, -0.1) is 0 Å². The third-order valence-corrected chi connectivity index (χ3v) is 5.25. The molecule has 2 aromatic carbocycles. The molecule has 0 spiro atoms. The first-order valence-electron chi connectivity index (χ1n) is 10.9. The first-order valence-corrected chi connectivity index (χ1v) is 10.9. The minimum atomic E-state index is -0.0549. The summed E-state index contributed by atoms with van der Waals surface area (Å²) in [4.78, 5) is 19.2. The predicted octanol–water partition coefficient (Wildman–Crippen LogP) is 2.78. The van der Waals surface area contributed by atoms with Gasteiger partial charge in [0.2, 0.25) is 0 Å². The van der Waals surface area contributed by atoms with Gasteiger partial charge in [0.1, 0.15) is 5.75 Å². The second-order valence-electron chi connectivity index (χ2n) is 7.50. The molecule has 0 aliphatic carbocycles. The molecule has 0 aromatic heterocycles. The van der Waals surface area contributed by atoms with Gasteiger partial charge in [0.05, 0.1) is 19.3 Å². The fourth-order valence-electron chi connectivity index (χ4n) is 3.75. The molecular formula is C24H33N5O2. The number of nitrogens with zero attached hydrogens (tertiary/aromatic N) is 2. The van der Waals surface area contributed by atoms with Gasteiger partial charge in [-0.1, -0.05) is 24.3 Å². The molecule has 2 aromatic rings. The third kappa shape index (κ3) is 6.13. The summed E-state index contributed by atoms with van der Waals surface area (Å²) in [6.45, 7) is 7.73. The number of benzene rings is 2. The molecule has 0 radical (unpaired) electrons. The molecule has 0 bridgehead atoms. The highest BCUT2D eigenvalue weighted by atomic mass is 16.5. The highest BCUT2D eigenvalue weighted by Crippen LogP contribution is 2.30. The number of para-hydroxylation sites is 2. The van der Waals surface area contributed by atoms with Crippen LogP contribution in [0.3, 0.4) is 0 Å². The van der Waals surface area contributed by atoms with Crippen molar-refractivity contribution in [3.8, 4) is 5.75 Å². The average Bonchev–Trinajstić information content (AvgIpc) is 3.26. The van der Waals surface area contributed by atoms with E-state index in [0.29, 0.717) is 24.7 Å². The number of hydrogen-bond acceptors (Lipinski definition) is 4. The lowest BCUT2D eigenvalue weighted by molar-refractivity contribution is 0.0955. The summed E-state index contributed by atoms with van der Waals surface area (Å²) in [6.07, 6.45) is 1.02. The fourth-order valence-corrected chi connectivity index (χ4v) is 3.75. The summed E-state index contributed by atoms with van der Waals surface area (Å²) in [6, 6.07) is 16.0. The van der Waals surface area contributed by atoms with Crippen molar-refractivity contribution in [2.75, 3.05) is 38.2 Å². The van der Waals surface area contributed by atoms with Gasteiger partial charge in [0, 0.05) is 37.8 Å². The van der Waals surface area contributed by atoms with Gasteiger partial charge < -0.3 is 25.6 Å². The van der Waals surface area contributed by atoms with Gasteiger partial charge in [0.15, 0.2) is 5.96 Å². The van der Waals surface area contributed by atoms with Crippen LogP contribution in [0.2, 0.25) is 0 Å². The smallest absolute Gasteiger partial charge is 0.251 e. The Morgan fingerprint density at radius 2 is 1.94 bits per heavy atom. The number of anilines is 1. The number of carbonyl (C=O) groups is 1. The zero-order valence-electron chi connectivity index (χ0n) is 18.6. The number of ether oxygens (including phenoxy) is 1. The van der Waals surface area contributed by atoms with E-state index in [-0.39, 0.29) is 5.91 Å². The Kier molecular flexibility index (Phi) is 8.15. The van der Waals surface area contributed by atoms with Crippen molar-refractivity contribution in [2.24, 2.45) is 4.99 Å². The van der Waals surface area contributed by atoms with Crippen molar-refractivity contribution in [3.05, 3.63) is 59.7 Å². The van der Waals surface area contributed by atoms with Crippen LogP contribution in [0.15, 0.2) is 53.5 Å². The molecule has 3 N–H and O–H groups in total. The van der Waals surface area contributed by atoms with Crippen LogP contribution in [0.25, 0.3) is 0 Å². The molecule has 7 nitrogen and oxygen atoms in total. The molecule has 166 valence electrons.